The molecule has 1 saturated carbocycles. The number of nitrogens with zero attached hydrogens (tertiary/aromatic N) is 1. The van der Waals surface area contributed by atoms with E-state index in [0.29, 0.717) is 17.6 Å². The Labute approximate surface area is 105 Å². The van der Waals surface area contributed by atoms with Gasteiger partial charge in [-0.1, -0.05) is 6.42 Å². The molecule has 3 nitrogen and oxygen atoms in total. The molecule has 0 spiro atoms. The molecule has 0 aromatic heterocycles. The molecule has 0 aromatic rings. The molecular formula is C14H25NO2. The van der Waals surface area contributed by atoms with Crippen LogP contribution in [0.5, 0.6) is 0 Å². The van der Waals surface area contributed by atoms with Crippen molar-refractivity contribution in [3.05, 3.63) is 0 Å². The Morgan fingerprint density at radius 3 is 2.82 bits per heavy atom. The molecule has 1 heterocycles. The zero-order chi connectivity index (χ0) is 12.1. The van der Waals surface area contributed by atoms with Crippen molar-refractivity contribution < 1.29 is 9.53 Å². The van der Waals surface area contributed by atoms with Gasteiger partial charge in [-0.2, -0.15) is 0 Å². The Hall–Kier alpha value is -0.410. The lowest BCUT2D eigenvalue weighted by Crippen LogP contribution is -2.37. The minimum absolute atomic E-state index is 0.304. The molecule has 0 bridgehead atoms. The van der Waals surface area contributed by atoms with Crippen LogP contribution in [0.1, 0.15) is 38.5 Å². The summed E-state index contributed by atoms with van der Waals surface area (Å²) in [6.45, 7) is 3.88. The molecule has 17 heavy (non-hydrogen) atoms. The molecule has 3 heteroatoms. The maximum Gasteiger partial charge on any atom is 0.137 e. The largest absolute Gasteiger partial charge is 0.381 e. The molecule has 2 rings (SSSR count). The maximum atomic E-state index is 11.8. The minimum atomic E-state index is 0.304. The van der Waals surface area contributed by atoms with E-state index in [1.165, 1.54) is 19.3 Å². The van der Waals surface area contributed by atoms with Crippen molar-refractivity contribution in [2.45, 2.75) is 38.5 Å². The quantitative estimate of drug-likeness (QED) is 0.752. The molecule has 0 amide bonds. The molecule has 1 aliphatic carbocycles. The van der Waals surface area contributed by atoms with E-state index in [0.717, 1.165) is 45.6 Å². The van der Waals surface area contributed by atoms with Crippen LogP contribution in [-0.2, 0) is 9.53 Å². The van der Waals surface area contributed by atoms with Gasteiger partial charge < -0.3 is 9.64 Å². The van der Waals surface area contributed by atoms with Crippen molar-refractivity contribution in [1.29, 1.82) is 0 Å². The van der Waals surface area contributed by atoms with Crippen LogP contribution in [-0.4, -0.2) is 44.0 Å². The van der Waals surface area contributed by atoms with E-state index in [1.54, 1.807) is 0 Å². The zero-order valence-corrected chi connectivity index (χ0v) is 11.0. The van der Waals surface area contributed by atoms with Crippen molar-refractivity contribution in [3.63, 3.8) is 0 Å². The summed E-state index contributed by atoms with van der Waals surface area (Å²) in [6.07, 6.45) is 6.73. The lowest BCUT2D eigenvalue weighted by atomic mass is 9.87. The highest BCUT2D eigenvalue weighted by Crippen LogP contribution is 2.22. The summed E-state index contributed by atoms with van der Waals surface area (Å²) < 4.78 is 5.50. The summed E-state index contributed by atoms with van der Waals surface area (Å²) in [7, 11) is 2.15. The average Bonchev–Trinajstić information content (AvgIpc) is 2.33. The van der Waals surface area contributed by atoms with Crippen LogP contribution in [0.25, 0.3) is 0 Å². The van der Waals surface area contributed by atoms with Gasteiger partial charge in [0.15, 0.2) is 0 Å². The summed E-state index contributed by atoms with van der Waals surface area (Å²) >= 11 is 0. The smallest absolute Gasteiger partial charge is 0.137 e. The first-order valence-corrected chi connectivity index (χ1v) is 7.04. The number of ketones is 1. The molecule has 0 aromatic carbocycles. The monoisotopic (exact) mass is 239 g/mol. The molecule has 1 aliphatic heterocycles. The van der Waals surface area contributed by atoms with Crippen LogP contribution in [0.3, 0.4) is 0 Å². The molecule has 2 unspecified atom stereocenters. The third-order valence-electron chi connectivity index (χ3n) is 4.04. The summed E-state index contributed by atoms with van der Waals surface area (Å²) in [5, 5.41) is 0. The molecule has 2 fully saturated rings. The van der Waals surface area contributed by atoms with Gasteiger partial charge in [0.05, 0.1) is 6.61 Å². The first-order valence-electron chi connectivity index (χ1n) is 7.04. The second-order valence-electron chi connectivity index (χ2n) is 5.71. The van der Waals surface area contributed by atoms with Gasteiger partial charge in [-0.05, 0) is 38.6 Å². The summed E-state index contributed by atoms with van der Waals surface area (Å²) in [4.78, 5) is 14.1. The SMILES string of the molecule is CN(CC1CCCOC1)CC1CCCCC1=O. The van der Waals surface area contributed by atoms with E-state index in [4.69, 9.17) is 4.74 Å². The number of rotatable bonds is 4. The van der Waals surface area contributed by atoms with Crippen molar-refractivity contribution in [2.75, 3.05) is 33.4 Å². The fourth-order valence-electron chi connectivity index (χ4n) is 3.09. The first kappa shape index (κ1) is 13.0. The second kappa shape index (κ2) is 6.50. The topological polar surface area (TPSA) is 29.5 Å². The number of hydrogen-bond donors (Lipinski definition) is 0. The third kappa shape index (κ3) is 4.07. The lowest BCUT2D eigenvalue weighted by Gasteiger charge is -2.30. The van der Waals surface area contributed by atoms with Gasteiger partial charge in [-0.3, -0.25) is 4.79 Å². The third-order valence-corrected chi connectivity index (χ3v) is 4.04. The van der Waals surface area contributed by atoms with Gasteiger partial charge in [0, 0.05) is 32.0 Å². The van der Waals surface area contributed by atoms with Gasteiger partial charge in [0.1, 0.15) is 5.78 Å². The van der Waals surface area contributed by atoms with Crippen LogP contribution >= 0.6 is 0 Å². The molecular weight excluding hydrogens is 214 g/mol. The van der Waals surface area contributed by atoms with Gasteiger partial charge in [-0.15, -0.1) is 0 Å². The number of carbonyl (C=O) groups is 1. The molecule has 0 N–H and O–H groups in total. The summed E-state index contributed by atoms with van der Waals surface area (Å²) in [6, 6.07) is 0. The Bertz CT molecular complexity index is 249. The minimum Gasteiger partial charge on any atom is -0.381 e. The standard InChI is InChI=1S/C14H25NO2/c1-15(9-12-5-4-8-17-11-12)10-13-6-2-3-7-14(13)16/h12-13H,2-11H2,1H3. The highest BCUT2D eigenvalue weighted by Gasteiger charge is 2.24. The van der Waals surface area contributed by atoms with Gasteiger partial charge in [-0.25, -0.2) is 0 Å². The van der Waals surface area contributed by atoms with Crippen LogP contribution in [0, 0.1) is 11.8 Å². The van der Waals surface area contributed by atoms with E-state index in [9.17, 15) is 4.79 Å². The van der Waals surface area contributed by atoms with E-state index >= 15 is 0 Å². The lowest BCUT2D eigenvalue weighted by molar-refractivity contribution is -0.125. The summed E-state index contributed by atoms with van der Waals surface area (Å²) in [5.74, 6) is 1.47. The fraction of sp³-hybridized carbons (Fsp3) is 0.929. The first-order chi connectivity index (χ1) is 8.25. The molecule has 2 aliphatic rings. The van der Waals surface area contributed by atoms with E-state index in [-0.39, 0.29) is 0 Å². The van der Waals surface area contributed by atoms with Crippen LogP contribution < -0.4 is 0 Å². The van der Waals surface area contributed by atoms with Gasteiger partial charge in [0.25, 0.3) is 0 Å². The van der Waals surface area contributed by atoms with Crippen LogP contribution in [0.4, 0.5) is 0 Å². The number of carbonyl (C=O) groups excluding carboxylic acids is 1. The van der Waals surface area contributed by atoms with Gasteiger partial charge in [0.2, 0.25) is 0 Å². The second-order valence-corrected chi connectivity index (χ2v) is 5.71. The Morgan fingerprint density at radius 1 is 1.24 bits per heavy atom. The normalized spacial score (nSPS) is 30.8. The molecule has 98 valence electrons. The maximum absolute atomic E-state index is 11.8. The van der Waals surface area contributed by atoms with Crippen molar-refractivity contribution in [3.8, 4) is 0 Å². The number of hydrogen-bond acceptors (Lipinski definition) is 3. The fourth-order valence-corrected chi connectivity index (χ4v) is 3.09. The zero-order valence-electron chi connectivity index (χ0n) is 11.0. The highest BCUT2D eigenvalue weighted by atomic mass is 16.5. The summed E-state index contributed by atoms with van der Waals surface area (Å²) in [5.41, 5.74) is 0. The van der Waals surface area contributed by atoms with Gasteiger partial charge >= 0.3 is 0 Å². The Kier molecular flexibility index (Phi) is 4.99. The van der Waals surface area contributed by atoms with E-state index < -0.39 is 0 Å². The predicted molar refractivity (Wildman–Crippen MR) is 68.0 cm³/mol. The average molecular weight is 239 g/mol. The van der Waals surface area contributed by atoms with E-state index in [1.807, 2.05) is 0 Å². The molecule has 1 saturated heterocycles. The van der Waals surface area contributed by atoms with E-state index in [2.05, 4.69) is 11.9 Å². The van der Waals surface area contributed by atoms with Crippen molar-refractivity contribution in [2.24, 2.45) is 11.8 Å². The Morgan fingerprint density at radius 2 is 2.12 bits per heavy atom. The highest BCUT2D eigenvalue weighted by molar-refractivity contribution is 5.81. The molecule has 0 radical (unpaired) electrons. The number of Topliss-reactive ketones (excluding diaryl/α,β-unsaturated/α-hetero) is 1. The predicted octanol–water partition coefficient (Wildman–Crippen LogP) is 2.10. The van der Waals surface area contributed by atoms with Crippen LogP contribution in [0.15, 0.2) is 0 Å². The van der Waals surface area contributed by atoms with Crippen molar-refractivity contribution in [1.82, 2.24) is 4.90 Å². The molecule has 2 atom stereocenters. The van der Waals surface area contributed by atoms with Crippen molar-refractivity contribution >= 4 is 5.78 Å². The Balaban J connectivity index is 1.71. The number of ether oxygens (including phenoxy) is 1. The van der Waals surface area contributed by atoms with Crippen LogP contribution in [0.2, 0.25) is 0 Å².